The van der Waals surface area contributed by atoms with E-state index in [0.29, 0.717) is 63.9 Å². The molecule has 16 rings (SSSR count). The van der Waals surface area contributed by atoms with Crippen LogP contribution in [0.15, 0.2) is 72.8 Å². The zero-order chi connectivity index (χ0) is 70.2. The molecule has 4 unspecified atom stereocenters. The molecule has 0 spiro atoms. The minimum atomic E-state index is -3.99. The molecular weight excluding hydrogens is 1310 g/mol. The van der Waals surface area contributed by atoms with Crippen molar-refractivity contribution in [2.24, 2.45) is 22.7 Å². The summed E-state index contributed by atoms with van der Waals surface area (Å²) in [5, 5.41) is 2.10. The summed E-state index contributed by atoms with van der Waals surface area (Å²) in [6.45, 7) is 8.08. The number of benzene rings is 4. The van der Waals surface area contributed by atoms with Crippen molar-refractivity contribution in [3.05, 3.63) is 106 Å². The first kappa shape index (κ1) is 68.0. The Morgan fingerprint density at radius 1 is 0.490 bits per heavy atom. The van der Waals surface area contributed by atoms with Gasteiger partial charge in [-0.1, -0.05) is 50.7 Å². The number of hydrogen-bond donors (Lipinski definition) is 2. The number of piperidine rings is 2. The zero-order valence-corrected chi connectivity index (χ0v) is 60.4. The van der Waals surface area contributed by atoms with Crippen molar-refractivity contribution >= 4 is 77.7 Å². The average molecular weight is 1400 g/mol. The number of methoxy groups -OCH3 is 2. The average Bonchev–Trinajstić information content (AvgIpc) is 1.52. The Morgan fingerprint density at radius 3 is 1.24 bits per heavy atom. The molecule has 2 N–H and O–H groups in total. The molecule has 4 saturated heterocycles. The van der Waals surface area contributed by atoms with Crippen molar-refractivity contribution in [3.8, 4) is 34.0 Å². The highest BCUT2D eigenvalue weighted by molar-refractivity contribution is 7.88. The number of nitrogens with zero attached hydrogens (tertiary/aromatic N) is 8. The zero-order valence-electron chi connectivity index (χ0n) is 58.8. The highest BCUT2D eigenvalue weighted by Crippen LogP contribution is 2.68. The molecule has 8 fully saturated rings. The summed E-state index contributed by atoms with van der Waals surface area (Å²) >= 11 is 0. The maximum Gasteiger partial charge on any atom is 0.303 e. The van der Waals surface area contributed by atoms with Gasteiger partial charge in [-0.2, -0.15) is 25.4 Å². The van der Waals surface area contributed by atoms with Crippen LogP contribution < -0.4 is 18.9 Å². The van der Waals surface area contributed by atoms with Gasteiger partial charge < -0.3 is 38.2 Å². The van der Waals surface area contributed by atoms with Gasteiger partial charge in [-0.05, 0) is 171 Å². The fourth-order valence-corrected chi connectivity index (χ4v) is 20.6. The van der Waals surface area contributed by atoms with E-state index in [1.54, 1.807) is 40.2 Å². The van der Waals surface area contributed by atoms with Crippen molar-refractivity contribution in [3.63, 3.8) is 0 Å². The lowest BCUT2D eigenvalue weighted by Gasteiger charge is -2.36. The molecule has 0 bridgehead atoms. The molecule has 4 aromatic carbocycles. The highest BCUT2D eigenvalue weighted by Gasteiger charge is 2.66. The topological polar surface area (TPSA) is 243 Å². The van der Waals surface area contributed by atoms with Crippen LogP contribution in [0.5, 0.6) is 11.5 Å². The van der Waals surface area contributed by atoms with Crippen LogP contribution in [0.2, 0.25) is 0 Å². The van der Waals surface area contributed by atoms with Crippen molar-refractivity contribution in [2.45, 2.75) is 165 Å². The first-order chi connectivity index (χ1) is 47.9. The molecule has 10 aliphatic rings. The molecule has 8 heterocycles. The van der Waals surface area contributed by atoms with Gasteiger partial charge in [0.1, 0.15) is 11.5 Å². The number of rotatable bonds is 12. The van der Waals surface area contributed by atoms with Crippen molar-refractivity contribution < 1.29 is 55.1 Å². The molecule has 6 aliphatic heterocycles. The first-order valence-electron chi connectivity index (χ1n) is 36.2. The number of nitrogens with one attached hydrogen (secondary N) is 2. The number of carbonyl (C=O) groups excluding carboxylic acids is 6. The molecule has 24 heteroatoms. The fourth-order valence-electron chi connectivity index (χ4n) is 19.5. The van der Waals surface area contributed by atoms with E-state index >= 15 is 0 Å². The number of carbonyl (C=O) groups is 6. The monoisotopic (exact) mass is 1400 g/mol. The largest absolute Gasteiger partial charge is 0.497 e. The van der Waals surface area contributed by atoms with Crippen LogP contribution in [-0.2, 0) is 52.7 Å². The normalized spacial score (nSPS) is 26.1. The number of likely N-dealkylation sites (tertiary alicyclic amines) is 4. The second kappa shape index (κ2) is 25.6. The van der Waals surface area contributed by atoms with Crippen LogP contribution >= 0.6 is 0 Å². The number of amides is 6. The van der Waals surface area contributed by atoms with E-state index in [1.165, 1.54) is 52.2 Å². The maximum absolute atomic E-state index is 15.0. The van der Waals surface area contributed by atoms with E-state index in [0.717, 1.165) is 166 Å². The first-order valence-corrected chi connectivity index (χ1v) is 39.1. The maximum atomic E-state index is 15.0. The summed E-state index contributed by atoms with van der Waals surface area (Å²) in [5.74, 6) is 1.74. The predicted molar refractivity (Wildman–Crippen MR) is 380 cm³/mol. The van der Waals surface area contributed by atoms with Gasteiger partial charge in [-0.15, -0.1) is 0 Å². The Bertz CT molecular complexity index is 4320. The molecule has 22 nitrogen and oxygen atoms in total. The van der Waals surface area contributed by atoms with E-state index in [9.17, 15) is 45.6 Å². The predicted octanol–water partition coefficient (Wildman–Crippen LogP) is 9.71. The fraction of sp³-hybridized carbons (Fsp3) is 0.553. The lowest BCUT2D eigenvalue weighted by Crippen LogP contribution is -2.48. The van der Waals surface area contributed by atoms with E-state index in [2.05, 4.69) is 42.8 Å². The van der Waals surface area contributed by atoms with Gasteiger partial charge in [0.05, 0.1) is 48.5 Å². The molecule has 6 aromatic rings. The van der Waals surface area contributed by atoms with Gasteiger partial charge in [-0.25, -0.2) is 9.44 Å². The van der Waals surface area contributed by atoms with Gasteiger partial charge in [-0.3, -0.25) is 28.8 Å². The Balaban J connectivity index is 0.000000162. The van der Waals surface area contributed by atoms with Gasteiger partial charge >= 0.3 is 20.4 Å². The second-order valence-corrected chi connectivity index (χ2v) is 34.6. The number of hydrogen-bond acceptors (Lipinski definition) is 12. The Labute approximate surface area is 586 Å². The molecule has 0 radical (unpaired) electrons. The molecule has 8 atom stereocenters. The third kappa shape index (κ3) is 11.5. The quantitative estimate of drug-likeness (QED) is 0.116. The Morgan fingerprint density at radius 2 is 0.880 bits per heavy atom. The number of fused-ring (bicyclic) bond motifs is 16. The van der Waals surface area contributed by atoms with Crippen LogP contribution in [0.4, 0.5) is 0 Å². The van der Waals surface area contributed by atoms with Crippen LogP contribution in [0.3, 0.4) is 0 Å². The summed E-state index contributed by atoms with van der Waals surface area (Å²) in [7, 11) is 0.875. The lowest BCUT2D eigenvalue weighted by molar-refractivity contribution is -0.138. The molecule has 532 valence electrons. The third-order valence-corrected chi connectivity index (χ3v) is 27.6. The number of ether oxygens (including phenoxy) is 2. The number of aromatic nitrogens is 2. The standard InChI is InChI=1S/2C38H47N5O6S/c2*1-23(44)42-16-8-11-26-20-41(21-33(26)42)37(46)38-19-31(38)30-18-27(49-4)13-15-28(30)35-34(24-9-6-5-7-10-24)29-14-12-25(17-32(29)43(35)22-38)36(45)39-50(47,48)40(2)3/h2*12-15,17-18,24,26,31,33H,5-11,16,19-22H2,1-4H3,(H,39,45)/t2*26?,31-,33?,38-/m00/s1. The van der Waals surface area contributed by atoms with Gasteiger partial charge in [0.25, 0.3) is 11.8 Å². The summed E-state index contributed by atoms with van der Waals surface area (Å²) in [4.78, 5) is 89.9. The Kier molecular flexibility index (Phi) is 17.4. The van der Waals surface area contributed by atoms with Crippen LogP contribution in [-0.4, -0.2) is 183 Å². The second-order valence-electron chi connectivity index (χ2n) is 30.8. The van der Waals surface area contributed by atoms with E-state index in [-0.39, 0.29) is 70.5 Å². The van der Waals surface area contributed by atoms with Gasteiger partial charge in [0.2, 0.25) is 23.6 Å². The van der Waals surface area contributed by atoms with Crippen LogP contribution in [0, 0.1) is 22.7 Å². The van der Waals surface area contributed by atoms with E-state index in [1.807, 2.05) is 56.0 Å². The molecule has 100 heavy (non-hydrogen) atoms. The lowest BCUT2D eigenvalue weighted by atomic mass is 9.81. The van der Waals surface area contributed by atoms with Crippen molar-refractivity contribution in [1.82, 2.24) is 46.8 Å². The van der Waals surface area contributed by atoms with E-state index in [4.69, 9.17) is 9.47 Å². The van der Waals surface area contributed by atoms with Crippen LogP contribution in [0.1, 0.15) is 183 Å². The summed E-state index contributed by atoms with van der Waals surface area (Å²) in [6.07, 6.45) is 16.6. The molecule has 4 saturated carbocycles. The minimum Gasteiger partial charge on any atom is -0.497 e. The third-order valence-electron chi connectivity index (χ3n) is 24.8. The van der Waals surface area contributed by atoms with Crippen LogP contribution in [0.25, 0.3) is 44.3 Å². The van der Waals surface area contributed by atoms with Gasteiger partial charge in [0, 0.05) is 150 Å². The molecular formula is C76H94N10O12S2. The SMILES string of the molecule is COc1ccc2c(c1)[C@@H]1C[C@]1(C(=O)N1CC3CCCN(C(C)=O)C3C1)Cn1c-2c(C2CCCCC2)c2ccc(C(=O)NS(=O)(=O)N(C)C)cc21.COc1ccc2c(c1)[C@@H]1C[C@]1(C(=O)N1CC3CCCN(C(C)=O)C3C1)Cn1c-2c(C2CCCCC2)c2ccc(C(=O)NS(=O)(=O)N(C)C)cc21. The molecule has 2 aromatic heterocycles. The molecule has 4 aliphatic carbocycles. The Hall–Kier alpha value is -7.80. The van der Waals surface area contributed by atoms with Gasteiger partial charge in [0.15, 0.2) is 0 Å². The smallest absolute Gasteiger partial charge is 0.303 e. The van der Waals surface area contributed by atoms with Crippen molar-refractivity contribution in [2.75, 3.05) is 81.7 Å². The summed E-state index contributed by atoms with van der Waals surface area (Å²) in [5.41, 5.74) is 9.94. The summed E-state index contributed by atoms with van der Waals surface area (Å²) in [6, 6.07) is 23.6. The van der Waals surface area contributed by atoms with E-state index < -0.39 is 43.1 Å². The highest BCUT2D eigenvalue weighted by atomic mass is 32.2. The molecule has 6 amide bonds. The minimum absolute atomic E-state index is 0.00231. The summed E-state index contributed by atoms with van der Waals surface area (Å²) < 4.78 is 72.8. The van der Waals surface area contributed by atoms with Crippen molar-refractivity contribution in [1.29, 1.82) is 0 Å².